The molecule has 152 valence electrons. The van der Waals surface area contributed by atoms with Gasteiger partial charge in [-0.25, -0.2) is 4.79 Å². The molecule has 1 aliphatic heterocycles. The molecule has 1 amide bonds. The standard InChI is InChI=1S/C22H29NO5/c1-22(2,3)28-21(25)23-8-6-14(7-9-23)10-16-11-15-12-18(26-4)19(27-5)13-17(15)20(16)24/h10,12-14H,6-9,11H2,1-5H3/b16-10-. The minimum Gasteiger partial charge on any atom is -0.493 e. The average molecular weight is 387 g/mol. The predicted molar refractivity (Wildman–Crippen MR) is 106 cm³/mol. The number of benzene rings is 1. The molecule has 0 saturated carbocycles. The summed E-state index contributed by atoms with van der Waals surface area (Å²) < 4.78 is 16.1. The van der Waals surface area contributed by atoms with Crippen LogP contribution >= 0.6 is 0 Å². The first-order chi connectivity index (χ1) is 13.2. The van der Waals surface area contributed by atoms with Crippen LogP contribution in [0.3, 0.4) is 0 Å². The third kappa shape index (κ3) is 4.32. The maximum Gasteiger partial charge on any atom is 0.410 e. The molecule has 1 aromatic rings. The number of carbonyl (C=O) groups is 2. The van der Waals surface area contributed by atoms with Gasteiger partial charge in [-0.15, -0.1) is 0 Å². The van der Waals surface area contributed by atoms with Crippen LogP contribution < -0.4 is 9.47 Å². The third-order valence-electron chi connectivity index (χ3n) is 5.15. The first-order valence-electron chi connectivity index (χ1n) is 9.70. The molecule has 2 aliphatic rings. The number of Topliss-reactive ketones (excluding diaryl/α,β-unsaturated/α-hetero) is 1. The topological polar surface area (TPSA) is 65.1 Å². The molecule has 28 heavy (non-hydrogen) atoms. The number of allylic oxidation sites excluding steroid dienone is 2. The Morgan fingerprint density at radius 3 is 2.29 bits per heavy atom. The summed E-state index contributed by atoms with van der Waals surface area (Å²) in [5.74, 6) is 1.56. The Hall–Kier alpha value is -2.50. The number of hydrogen-bond acceptors (Lipinski definition) is 5. The van der Waals surface area contributed by atoms with Gasteiger partial charge < -0.3 is 19.1 Å². The summed E-state index contributed by atoms with van der Waals surface area (Å²) in [6.07, 6.45) is 4.11. The lowest BCUT2D eigenvalue weighted by Gasteiger charge is -2.32. The molecule has 6 heteroatoms. The van der Waals surface area contributed by atoms with Gasteiger partial charge >= 0.3 is 6.09 Å². The SMILES string of the molecule is COc1cc2c(cc1OC)C(=O)/C(=C\C1CCN(C(=O)OC(C)(C)C)CC1)C2. The Balaban J connectivity index is 1.66. The Bertz CT molecular complexity index is 798. The van der Waals surface area contributed by atoms with Crippen LogP contribution in [-0.2, 0) is 11.2 Å². The number of carbonyl (C=O) groups excluding carboxylic acids is 2. The summed E-state index contributed by atoms with van der Waals surface area (Å²) in [5, 5.41) is 0. The summed E-state index contributed by atoms with van der Waals surface area (Å²) in [7, 11) is 3.16. The van der Waals surface area contributed by atoms with E-state index >= 15 is 0 Å². The van der Waals surface area contributed by atoms with E-state index in [1.165, 1.54) is 0 Å². The second-order valence-corrected chi connectivity index (χ2v) is 8.37. The summed E-state index contributed by atoms with van der Waals surface area (Å²) >= 11 is 0. The van der Waals surface area contributed by atoms with Gasteiger partial charge in [0, 0.05) is 30.6 Å². The van der Waals surface area contributed by atoms with Crippen LogP contribution in [0, 0.1) is 5.92 Å². The first-order valence-corrected chi connectivity index (χ1v) is 9.70. The highest BCUT2D eigenvalue weighted by molar-refractivity contribution is 6.13. The van der Waals surface area contributed by atoms with Crippen molar-refractivity contribution in [1.29, 1.82) is 0 Å². The van der Waals surface area contributed by atoms with Crippen molar-refractivity contribution in [2.45, 2.75) is 45.6 Å². The second kappa shape index (κ2) is 7.86. The number of ether oxygens (including phenoxy) is 3. The quantitative estimate of drug-likeness (QED) is 0.733. The minimum absolute atomic E-state index is 0.0607. The molecule has 1 aliphatic carbocycles. The molecule has 0 bridgehead atoms. The fraction of sp³-hybridized carbons (Fsp3) is 0.545. The molecule has 1 aromatic carbocycles. The smallest absolute Gasteiger partial charge is 0.410 e. The maximum absolute atomic E-state index is 12.8. The zero-order valence-corrected chi connectivity index (χ0v) is 17.3. The van der Waals surface area contributed by atoms with E-state index in [9.17, 15) is 9.59 Å². The predicted octanol–water partition coefficient (Wildman–Crippen LogP) is 4.02. The van der Waals surface area contributed by atoms with E-state index < -0.39 is 5.60 Å². The minimum atomic E-state index is -0.486. The Morgan fingerprint density at radius 1 is 1.11 bits per heavy atom. The fourth-order valence-corrected chi connectivity index (χ4v) is 3.73. The molecule has 1 saturated heterocycles. The van der Waals surface area contributed by atoms with Crippen LogP contribution in [0.5, 0.6) is 11.5 Å². The van der Waals surface area contributed by atoms with Crippen molar-refractivity contribution in [1.82, 2.24) is 4.90 Å². The molecular weight excluding hydrogens is 358 g/mol. The highest BCUT2D eigenvalue weighted by atomic mass is 16.6. The number of ketones is 1. The van der Waals surface area contributed by atoms with E-state index in [-0.39, 0.29) is 17.8 Å². The van der Waals surface area contributed by atoms with Crippen molar-refractivity contribution >= 4 is 11.9 Å². The van der Waals surface area contributed by atoms with Crippen LogP contribution in [-0.4, -0.2) is 49.7 Å². The molecule has 0 aromatic heterocycles. The highest BCUT2D eigenvalue weighted by Crippen LogP contribution is 2.37. The largest absolute Gasteiger partial charge is 0.493 e. The number of fused-ring (bicyclic) bond motifs is 1. The molecule has 1 heterocycles. The van der Waals surface area contributed by atoms with Gasteiger partial charge in [0.2, 0.25) is 0 Å². The van der Waals surface area contributed by atoms with Crippen molar-refractivity contribution in [3.63, 3.8) is 0 Å². The number of rotatable bonds is 3. The van der Waals surface area contributed by atoms with E-state index in [0.717, 1.165) is 24.0 Å². The van der Waals surface area contributed by atoms with Crippen LogP contribution in [0.15, 0.2) is 23.8 Å². The van der Waals surface area contributed by atoms with Crippen LogP contribution in [0.25, 0.3) is 0 Å². The van der Waals surface area contributed by atoms with Gasteiger partial charge in [-0.2, -0.15) is 0 Å². The first kappa shape index (κ1) is 20.2. The summed E-state index contributed by atoms with van der Waals surface area (Å²) in [5.41, 5.74) is 2.00. The van der Waals surface area contributed by atoms with Gasteiger partial charge in [0.25, 0.3) is 0 Å². The van der Waals surface area contributed by atoms with Crippen molar-refractivity contribution in [2.24, 2.45) is 5.92 Å². The normalized spacial score (nSPS) is 19.0. The van der Waals surface area contributed by atoms with E-state index in [0.29, 0.717) is 36.6 Å². The lowest BCUT2D eigenvalue weighted by molar-refractivity contribution is 0.0197. The third-order valence-corrected chi connectivity index (χ3v) is 5.15. The van der Waals surface area contributed by atoms with Gasteiger partial charge in [-0.05, 0) is 57.2 Å². The van der Waals surface area contributed by atoms with E-state index in [1.54, 1.807) is 25.2 Å². The van der Waals surface area contributed by atoms with Crippen molar-refractivity contribution < 1.29 is 23.8 Å². The number of amides is 1. The molecule has 1 fully saturated rings. The Kier molecular flexibility index (Phi) is 5.68. The number of hydrogen-bond donors (Lipinski definition) is 0. The summed E-state index contributed by atoms with van der Waals surface area (Å²) in [6.45, 7) is 6.90. The monoisotopic (exact) mass is 387 g/mol. The van der Waals surface area contributed by atoms with Gasteiger partial charge in [-0.3, -0.25) is 4.79 Å². The number of likely N-dealkylation sites (tertiary alicyclic amines) is 1. The Labute approximate surface area is 166 Å². The molecule has 6 nitrogen and oxygen atoms in total. The zero-order chi connectivity index (χ0) is 20.5. The highest BCUT2D eigenvalue weighted by Gasteiger charge is 2.30. The van der Waals surface area contributed by atoms with Crippen LogP contribution in [0.1, 0.15) is 49.5 Å². The molecule has 0 unspecified atom stereocenters. The van der Waals surface area contributed by atoms with Crippen molar-refractivity contribution in [3.05, 3.63) is 34.9 Å². The Morgan fingerprint density at radius 2 is 1.71 bits per heavy atom. The molecule has 0 atom stereocenters. The van der Waals surface area contributed by atoms with E-state index in [1.807, 2.05) is 26.8 Å². The van der Waals surface area contributed by atoms with Gasteiger partial charge in [-0.1, -0.05) is 6.08 Å². The van der Waals surface area contributed by atoms with E-state index in [4.69, 9.17) is 14.2 Å². The molecule has 0 N–H and O–H groups in total. The van der Waals surface area contributed by atoms with Crippen molar-refractivity contribution in [3.8, 4) is 11.5 Å². The van der Waals surface area contributed by atoms with Crippen molar-refractivity contribution in [2.75, 3.05) is 27.3 Å². The van der Waals surface area contributed by atoms with Crippen LogP contribution in [0.4, 0.5) is 4.79 Å². The molecule has 3 rings (SSSR count). The maximum atomic E-state index is 12.8. The molecule has 0 radical (unpaired) electrons. The van der Waals surface area contributed by atoms with Gasteiger partial charge in [0.1, 0.15) is 5.60 Å². The number of methoxy groups -OCH3 is 2. The zero-order valence-electron chi connectivity index (χ0n) is 17.3. The molecular formula is C22H29NO5. The lowest BCUT2D eigenvalue weighted by atomic mass is 9.93. The lowest BCUT2D eigenvalue weighted by Crippen LogP contribution is -2.41. The summed E-state index contributed by atoms with van der Waals surface area (Å²) in [6, 6.07) is 3.65. The number of piperidine rings is 1. The second-order valence-electron chi connectivity index (χ2n) is 8.37. The molecule has 0 spiro atoms. The average Bonchev–Trinajstić information content (AvgIpc) is 2.94. The van der Waals surface area contributed by atoms with Crippen LogP contribution in [0.2, 0.25) is 0 Å². The van der Waals surface area contributed by atoms with Gasteiger partial charge in [0.15, 0.2) is 17.3 Å². The van der Waals surface area contributed by atoms with Gasteiger partial charge in [0.05, 0.1) is 14.2 Å². The number of nitrogens with zero attached hydrogens (tertiary/aromatic N) is 1. The van der Waals surface area contributed by atoms with E-state index in [2.05, 4.69) is 6.08 Å². The fourth-order valence-electron chi connectivity index (χ4n) is 3.73. The summed E-state index contributed by atoms with van der Waals surface area (Å²) in [4.78, 5) is 26.8.